The minimum Gasteiger partial charge on any atom is -0.304 e. The maximum Gasteiger partial charge on any atom is 0.101 e. The van der Waals surface area contributed by atoms with Crippen LogP contribution < -0.4 is 0 Å². The third-order valence-electron chi connectivity index (χ3n) is 1.17. The van der Waals surface area contributed by atoms with Crippen molar-refractivity contribution in [1.29, 1.82) is 10.7 Å². The summed E-state index contributed by atoms with van der Waals surface area (Å²) in [5, 5.41) is 15.6. The molecule has 2 heteroatoms. The molecule has 0 aromatic rings. The Hall–Kier alpha value is -1.36. The second-order valence-electron chi connectivity index (χ2n) is 1.80. The maximum atomic E-state index is 8.37. The van der Waals surface area contributed by atoms with Gasteiger partial charge in [-0.05, 0) is 6.08 Å². The average molecular weight is 118 g/mol. The lowest BCUT2D eigenvalue weighted by Crippen LogP contribution is -1.99. The van der Waals surface area contributed by atoms with Gasteiger partial charge in [0, 0.05) is 6.42 Å². The molecule has 1 rings (SSSR count). The van der Waals surface area contributed by atoms with Gasteiger partial charge in [-0.3, -0.25) is 0 Å². The van der Waals surface area contributed by atoms with Crippen molar-refractivity contribution >= 4 is 5.71 Å². The summed E-state index contributed by atoms with van der Waals surface area (Å²) in [5.74, 6) is 0. The van der Waals surface area contributed by atoms with Gasteiger partial charge in [0.05, 0.1) is 11.3 Å². The third kappa shape index (κ3) is 1.06. The Labute approximate surface area is 53.6 Å². The summed E-state index contributed by atoms with van der Waals surface area (Å²) in [6, 6.07) is 1.94. The molecule has 0 saturated carbocycles. The van der Waals surface area contributed by atoms with Crippen LogP contribution in [0.15, 0.2) is 23.8 Å². The highest BCUT2D eigenvalue weighted by Crippen LogP contribution is 2.05. The Morgan fingerprint density at radius 2 is 2.44 bits per heavy atom. The molecule has 0 amide bonds. The number of rotatable bonds is 0. The molecule has 9 heavy (non-hydrogen) atoms. The highest BCUT2D eigenvalue weighted by atomic mass is 14.4. The quantitative estimate of drug-likeness (QED) is 0.513. The minimum absolute atomic E-state index is 0.417. The van der Waals surface area contributed by atoms with Crippen molar-refractivity contribution < 1.29 is 0 Å². The largest absolute Gasteiger partial charge is 0.304 e. The van der Waals surface area contributed by atoms with Gasteiger partial charge in [0.15, 0.2) is 0 Å². The molecule has 0 aromatic heterocycles. The first-order valence-corrected chi connectivity index (χ1v) is 2.69. The predicted molar refractivity (Wildman–Crippen MR) is 35.2 cm³/mol. The summed E-state index contributed by atoms with van der Waals surface area (Å²) in [5.41, 5.74) is 0.900. The normalized spacial score (nSPS) is 16.8. The second-order valence-corrected chi connectivity index (χ2v) is 1.80. The van der Waals surface area contributed by atoms with Crippen LogP contribution in [0.4, 0.5) is 0 Å². The lowest BCUT2D eigenvalue weighted by molar-refractivity contribution is 1.33. The SMILES string of the molecule is N#CC1=CC=CCC1=N. The molecule has 1 aliphatic carbocycles. The zero-order valence-corrected chi connectivity index (χ0v) is 4.89. The van der Waals surface area contributed by atoms with Crippen molar-refractivity contribution in [3.8, 4) is 6.07 Å². The number of hydrogen-bond donors (Lipinski definition) is 1. The summed E-state index contributed by atoms with van der Waals surface area (Å²) in [6.45, 7) is 0. The summed E-state index contributed by atoms with van der Waals surface area (Å²) < 4.78 is 0. The molecule has 0 heterocycles. The van der Waals surface area contributed by atoms with Crippen molar-refractivity contribution in [2.24, 2.45) is 0 Å². The molecule has 0 atom stereocenters. The number of nitrogens with one attached hydrogen (secondary N) is 1. The van der Waals surface area contributed by atoms with Gasteiger partial charge in [-0.1, -0.05) is 12.2 Å². The van der Waals surface area contributed by atoms with E-state index >= 15 is 0 Å². The van der Waals surface area contributed by atoms with E-state index in [1.165, 1.54) is 0 Å². The molecule has 0 radical (unpaired) electrons. The smallest absolute Gasteiger partial charge is 0.101 e. The van der Waals surface area contributed by atoms with Crippen LogP contribution in [-0.4, -0.2) is 5.71 Å². The van der Waals surface area contributed by atoms with E-state index in [0.717, 1.165) is 0 Å². The van der Waals surface area contributed by atoms with E-state index in [1.54, 1.807) is 12.2 Å². The summed E-state index contributed by atoms with van der Waals surface area (Å²) in [7, 11) is 0. The zero-order valence-electron chi connectivity index (χ0n) is 4.89. The topological polar surface area (TPSA) is 47.6 Å². The molecule has 2 nitrogen and oxygen atoms in total. The van der Waals surface area contributed by atoms with E-state index in [-0.39, 0.29) is 0 Å². The summed E-state index contributed by atoms with van der Waals surface area (Å²) in [4.78, 5) is 0. The van der Waals surface area contributed by atoms with Gasteiger partial charge in [-0.15, -0.1) is 0 Å². The van der Waals surface area contributed by atoms with E-state index in [9.17, 15) is 0 Å². The second kappa shape index (κ2) is 2.27. The van der Waals surface area contributed by atoms with Crippen LogP contribution in [0, 0.1) is 16.7 Å². The van der Waals surface area contributed by atoms with E-state index in [0.29, 0.717) is 17.7 Å². The molecule has 0 aromatic carbocycles. The van der Waals surface area contributed by atoms with Gasteiger partial charge >= 0.3 is 0 Å². The van der Waals surface area contributed by atoms with E-state index in [1.807, 2.05) is 12.1 Å². The minimum atomic E-state index is 0.417. The van der Waals surface area contributed by atoms with E-state index in [4.69, 9.17) is 10.7 Å². The molecule has 0 fully saturated rings. The molecule has 0 aliphatic heterocycles. The van der Waals surface area contributed by atoms with Gasteiger partial charge in [-0.2, -0.15) is 5.26 Å². The molecular formula is C7H6N2. The highest BCUT2D eigenvalue weighted by molar-refractivity contribution is 6.03. The number of nitriles is 1. The van der Waals surface area contributed by atoms with Crippen molar-refractivity contribution in [3.63, 3.8) is 0 Å². The fourth-order valence-corrected chi connectivity index (χ4v) is 0.665. The molecule has 0 spiro atoms. The molecule has 1 aliphatic rings. The Morgan fingerprint density at radius 3 is 2.89 bits per heavy atom. The van der Waals surface area contributed by atoms with Gasteiger partial charge in [0.25, 0.3) is 0 Å². The van der Waals surface area contributed by atoms with Crippen molar-refractivity contribution in [1.82, 2.24) is 0 Å². The fraction of sp³-hybridized carbons (Fsp3) is 0.143. The van der Waals surface area contributed by atoms with Crippen molar-refractivity contribution in [2.75, 3.05) is 0 Å². The van der Waals surface area contributed by atoms with Gasteiger partial charge in [0.2, 0.25) is 0 Å². The van der Waals surface area contributed by atoms with Crippen LogP contribution in [0.25, 0.3) is 0 Å². The van der Waals surface area contributed by atoms with Gasteiger partial charge < -0.3 is 5.41 Å². The lowest BCUT2D eigenvalue weighted by atomic mass is 10.0. The lowest BCUT2D eigenvalue weighted by Gasteiger charge is -1.99. The Balaban J connectivity index is 2.91. The Kier molecular flexibility index (Phi) is 1.46. The van der Waals surface area contributed by atoms with Crippen LogP contribution in [0.2, 0.25) is 0 Å². The van der Waals surface area contributed by atoms with Crippen molar-refractivity contribution in [3.05, 3.63) is 23.8 Å². The Bertz CT molecular complexity index is 228. The molecule has 1 N–H and O–H groups in total. The van der Waals surface area contributed by atoms with Crippen LogP contribution in [0.1, 0.15) is 6.42 Å². The van der Waals surface area contributed by atoms with Crippen molar-refractivity contribution in [2.45, 2.75) is 6.42 Å². The average Bonchev–Trinajstić information content (AvgIpc) is 1.89. The van der Waals surface area contributed by atoms with Crippen LogP contribution >= 0.6 is 0 Å². The third-order valence-corrected chi connectivity index (χ3v) is 1.17. The zero-order chi connectivity index (χ0) is 6.69. The predicted octanol–water partition coefficient (Wildman–Crippen LogP) is 1.42. The molecule has 44 valence electrons. The monoisotopic (exact) mass is 118 g/mol. The number of hydrogen-bond acceptors (Lipinski definition) is 2. The van der Waals surface area contributed by atoms with Crippen LogP contribution in [0.3, 0.4) is 0 Å². The van der Waals surface area contributed by atoms with E-state index in [2.05, 4.69) is 0 Å². The fourth-order valence-electron chi connectivity index (χ4n) is 0.665. The van der Waals surface area contributed by atoms with E-state index < -0.39 is 0 Å². The van der Waals surface area contributed by atoms with Crippen LogP contribution in [-0.2, 0) is 0 Å². The Morgan fingerprint density at radius 1 is 1.67 bits per heavy atom. The van der Waals surface area contributed by atoms with Gasteiger partial charge in [-0.25, -0.2) is 0 Å². The first-order valence-electron chi connectivity index (χ1n) is 2.69. The van der Waals surface area contributed by atoms with Crippen LogP contribution in [0.5, 0.6) is 0 Å². The summed E-state index contributed by atoms with van der Waals surface area (Å²) in [6.07, 6.45) is 5.92. The molecule has 0 saturated heterocycles. The highest BCUT2D eigenvalue weighted by Gasteiger charge is 2.03. The first-order chi connectivity index (χ1) is 4.34. The number of allylic oxidation sites excluding steroid dienone is 4. The molecule has 0 unspecified atom stereocenters. The molecular weight excluding hydrogens is 112 g/mol. The van der Waals surface area contributed by atoms with Gasteiger partial charge in [0.1, 0.15) is 6.07 Å². The molecule has 0 bridgehead atoms. The first kappa shape index (κ1) is 5.77. The summed E-state index contributed by atoms with van der Waals surface area (Å²) >= 11 is 0. The number of nitrogens with zero attached hydrogens (tertiary/aromatic N) is 1. The standard InChI is InChI=1S/C7H6N2/c8-5-6-3-1-2-4-7(6)9/h1-3,9H,4H2. The maximum absolute atomic E-state index is 8.37.